The summed E-state index contributed by atoms with van der Waals surface area (Å²) in [6, 6.07) is 7.15. The van der Waals surface area contributed by atoms with Crippen molar-refractivity contribution in [1.82, 2.24) is 10.3 Å². The third-order valence-electron chi connectivity index (χ3n) is 3.64. The van der Waals surface area contributed by atoms with Crippen LogP contribution in [-0.2, 0) is 11.2 Å². The fourth-order valence-electron chi connectivity index (χ4n) is 2.48. The SMILES string of the molecule is CCCC(N)C(=O)NC(CO)Cc1c[nH]c2ccccc12. The highest BCUT2D eigenvalue weighted by molar-refractivity contribution is 5.84. The molecular weight excluding hydrogens is 266 g/mol. The fourth-order valence-corrected chi connectivity index (χ4v) is 2.48. The molecular formula is C16H23N3O2. The molecule has 0 fully saturated rings. The number of rotatable bonds is 7. The van der Waals surface area contributed by atoms with Gasteiger partial charge in [0.1, 0.15) is 0 Å². The minimum Gasteiger partial charge on any atom is -0.394 e. The molecule has 1 heterocycles. The predicted molar refractivity (Wildman–Crippen MR) is 83.9 cm³/mol. The number of para-hydroxylation sites is 1. The second kappa shape index (κ2) is 7.24. The van der Waals surface area contributed by atoms with Gasteiger partial charge in [-0.05, 0) is 24.5 Å². The van der Waals surface area contributed by atoms with Crippen molar-refractivity contribution in [1.29, 1.82) is 0 Å². The topological polar surface area (TPSA) is 91.1 Å². The zero-order chi connectivity index (χ0) is 15.2. The standard InChI is InChI=1S/C16H23N3O2/c1-2-5-14(17)16(21)19-12(10-20)8-11-9-18-15-7-4-3-6-13(11)15/h3-4,6-7,9,12,14,18,20H,2,5,8,10,17H2,1H3,(H,19,21). The van der Waals surface area contributed by atoms with Gasteiger partial charge >= 0.3 is 0 Å². The van der Waals surface area contributed by atoms with Crippen molar-refractivity contribution in [2.75, 3.05) is 6.61 Å². The number of carbonyl (C=O) groups is 1. The Morgan fingerprint density at radius 3 is 2.90 bits per heavy atom. The van der Waals surface area contributed by atoms with E-state index in [2.05, 4.69) is 10.3 Å². The second-order valence-corrected chi connectivity index (χ2v) is 5.35. The van der Waals surface area contributed by atoms with Crippen LogP contribution in [0.1, 0.15) is 25.3 Å². The van der Waals surface area contributed by atoms with E-state index in [0.29, 0.717) is 12.8 Å². The van der Waals surface area contributed by atoms with E-state index in [-0.39, 0.29) is 18.6 Å². The van der Waals surface area contributed by atoms with Crippen molar-refractivity contribution in [3.63, 3.8) is 0 Å². The van der Waals surface area contributed by atoms with Crippen LogP contribution in [0.15, 0.2) is 30.5 Å². The molecule has 2 atom stereocenters. The molecule has 1 amide bonds. The van der Waals surface area contributed by atoms with Crippen molar-refractivity contribution >= 4 is 16.8 Å². The summed E-state index contributed by atoms with van der Waals surface area (Å²) in [4.78, 5) is 15.1. The summed E-state index contributed by atoms with van der Waals surface area (Å²) in [5.74, 6) is -0.198. The number of fused-ring (bicyclic) bond motifs is 1. The number of aromatic amines is 1. The average molecular weight is 289 g/mol. The van der Waals surface area contributed by atoms with Gasteiger partial charge in [-0.2, -0.15) is 0 Å². The first-order valence-corrected chi connectivity index (χ1v) is 7.37. The molecule has 0 aliphatic carbocycles. The molecule has 21 heavy (non-hydrogen) atoms. The number of hydrogen-bond acceptors (Lipinski definition) is 3. The van der Waals surface area contributed by atoms with E-state index in [0.717, 1.165) is 22.9 Å². The van der Waals surface area contributed by atoms with Gasteiger partial charge < -0.3 is 21.1 Å². The molecule has 0 aliphatic rings. The molecule has 0 bridgehead atoms. The lowest BCUT2D eigenvalue weighted by atomic mass is 10.0. The fraction of sp³-hybridized carbons (Fsp3) is 0.438. The second-order valence-electron chi connectivity index (χ2n) is 5.35. The average Bonchev–Trinajstić information content (AvgIpc) is 2.90. The van der Waals surface area contributed by atoms with Gasteiger partial charge in [-0.15, -0.1) is 0 Å². The number of amides is 1. The molecule has 5 nitrogen and oxygen atoms in total. The Hall–Kier alpha value is -1.85. The van der Waals surface area contributed by atoms with E-state index in [1.54, 1.807) is 0 Å². The van der Waals surface area contributed by atoms with Gasteiger partial charge in [0.15, 0.2) is 0 Å². The highest BCUT2D eigenvalue weighted by Gasteiger charge is 2.18. The lowest BCUT2D eigenvalue weighted by Crippen LogP contribution is -2.47. The maximum atomic E-state index is 11.9. The molecule has 0 spiro atoms. The van der Waals surface area contributed by atoms with Gasteiger partial charge in [-0.3, -0.25) is 4.79 Å². The van der Waals surface area contributed by atoms with Gasteiger partial charge in [0.05, 0.1) is 18.7 Å². The molecule has 0 saturated carbocycles. The zero-order valence-electron chi connectivity index (χ0n) is 12.3. The normalized spacial score (nSPS) is 14.0. The van der Waals surface area contributed by atoms with E-state index in [4.69, 9.17) is 5.73 Å². The Morgan fingerprint density at radius 2 is 2.19 bits per heavy atom. The summed E-state index contributed by atoms with van der Waals surface area (Å²) in [6.45, 7) is 1.88. The Labute approximate surface area is 124 Å². The summed E-state index contributed by atoms with van der Waals surface area (Å²) in [6.07, 6.45) is 4.01. The Morgan fingerprint density at radius 1 is 1.43 bits per heavy atom. The van der Waals surface area contributed by atoms with E-state index >= 15 is 0 Å². The number of aliphatic hydroxyl groups excluding tert-OH is 1. The lowest BCUT2D eigenvalue weighted by Gasteiger charge is -2.19. The molecule has 5 heteroatoms. The number of nitrogens with two attached hydrogens (primary N) is 1. The summed E-state index contributed by atoms with van der Waals surface area (Å²) in [5, 5.41) is 13.4. The molecule has 1 aromatic carbocycles. The van der Waals surface area contributed by atoms with Crippen molar-refractivity contribution < 1.29 is 9.90 Å². The van der Waals surface area contributed by atoms with Gasteiger partial charge in [0.2, 0.25) is 5.91 Å². The largest absolute Gasteiger partial charge is 0.394 e. The molecule has 1 aromatic heterocycles. The van der Waals surface area contributed by atoms with Crippen molar-refractivity contribution in [3.05, 3.63) is 36.0 Å². The maximum absolute atomic E-state index is 11.9. The first-order chi connectivity index (χ1) is 10.2. The molecule has 0 aliphatic heterocycles. The quantitative estimate of drug-likeness (QED) is 0.619. The van der Waals surface area contributed by atoms with Crippen molar-refractivity contribution in [2.24, 2.45) is 5.73 Å². The summed E-state index contributed by atoms with van der Waals surface area (Å²) >= 11 is 0. The number of aliphatic hydroxyl groups is 1. The first-order valence-electron chi connectivity index (χ1n) is 7.37. The molecule has 2 unspecified atom stereocenters. The van der Waals surface area contributed by atoms with E-state index in [1.807, 2.05) is 37.4 Å². The van der Waals surface area contributed by atoms with Crippen molar-refractivity contribution in [2.45, 2.75) is 38.3 Å². The lowest BCUT2D eigenvalue weighted by molar-refractivity contribution is -0.123. The third kappa shape index (κ3) is 3.83. The van der Waals surface area contributed by atoms with E-state index in [1.165, 1.54) is 0 Å². The minimum absolute atomic E-state index is 0.107. The molecule has 2 rings (SSSR count). The number of nitrogens with one attached hydrogen (secondary N) is 2. The van der Waals surface area contributed by atoms with Gasteiger partial charge in [0, 0.05) is 17.1 Å². The number of aromatic nitrogens is 1. The van der Waals surface area contributed by atoms with Gasteiger partial charge in [0.25, 0.3) is 0 Å². The van der Waals surface area contributed by atoms with Crippen LogP contribution >= 0.6 is 0 Å². The van der Waals surface area contributed by atoms with Gasteiger partial charge in [-0.1, -0.05) is 31.5 Å². The summed E-state index contributed by atoms with van der Waals surface area (Å²) in [5.41, 5.74) is 7.93. The Balaban J connectivity index is 2.04. The van der Waals surface area contributed by atoms with Crippen LogP contribution in [0.3, 0.4) is 0 Å². The summed E-state index contributed by atoms with van der Waals surface area (Å²) in [7, 11) is 0. The van der Waals surface area contributed by atoms with Crippen LogP contribution in [0.5, 0.6) is 0 Å². The predicted octanol–water partition coefficient (Wildman–Crippen LogP) is 1.31. The summed E-state index contributed by atoms with van der Waals surface area (Å²) < 4.78 is 0. The van der Waals surface area contributed by atoms with Crippen LogP contribution < -0.4 is 11.1 Å². The third-order valence-corrected chi connectivity index (χ3v) is 3.64. The smallest absolute Gasteiger partial charge is 0.237 e. The van der Waals surface area contributed by atoms with Crippen molar-refractivity contribution in [3.8, 4) is 0 Å². The van der Waals surface area contributed by atoms with Crippen LogP contribution in [0, 0.1) is 0 Å². The van der Waals surface area contributed by atoms with Crippen LogP contribution in [0.4, 0.5) is 0 Å². The monoisotopic (exact) mass is 289 g/mol. The molecule has 0 radical (unpaired) electrons. The zero-order valence-corrected chi connectivity index (χ0v) is 12.3. The van der Waals surface area contributed by atoms with E-state index in [9.17, 15) is 9.90 Å². The molecule has 2 aromatic rings. The van der Waals surface area contributed by atoms with E-state index < -0.39 is 6.04 Å². The highest BCUT2D eigenvalue weighted by Crippen LogP contribution is 2.19. The first kappa shape index (κ1) is 15.5. The minimum atomic E-state index is -0.507. The molecule has 5 N–H and O–H groups in total. The van der Waals surface area contributed by atoms with Gasteiger partial charge in [-0.25, -0.2) is 0 Å². The number of carbonyl (C=O) groups excluding carboxylic acids is 1. The Bertz CT molecular complexity index is 594. The van der Waals surface area contributed by atoms with Crippen LogP contribution in [0.2, 0.25) is 0 Å². The van der Waals surface area contributed by atoms with Crippen LogP contribution in [-0.4, -0.2) is 34.7 Å². The molecule has 0 saturated heterocycles. The maximum Gasteiger partial charge on any atom is 0.237 e. The Kier molecular flexibility index (Phi) is 5.36. The highest BCUT2D eigenvalue weighted by atomic mass is 16.3. The molecule has 114 valence electrons. The number of H-pyrrole nitrogens is 1. The number of hydrogen-bond donors (Lipinski definition) is 4. The van der Waals surface area contributed by atoms with Crippen LogP contribution in [0.25, 0.3) is 10.9 Å². The number of benzene rings is 1.